The van der Waals surface area contributed by atoms with Crippen LogP contribution in [0, 0.1) is 0 Å². The van der Waals surface area contributed by atoms with Crippen LogP contribution < -0.4 is 0 Å². The molecule has 2 aromatic carbocycles. The minimum atomic E-state index is 0. The van der Waals surface area contributed by atoms with Gasteiger partial charge in [-0.15, -0.1) is 0 Å². The summed E-state index contributed by atoms with van der Waals surface area (Å²) in [5.41, 5.74) is 1.44. The number of hydrogen-bond acceptors (Lipinski definition) is 1. The summed E-state index contributed by atoms with van der Waals surface area (Å²) in [5, 5.41) is 0. The molecule has 88 valence electrons. The molecule has 0 spiro atoms. The van der Waals surface area contributed by atoms with E-state index in [1.165, 1.54) is 12.0 Å². The Morgan fingerprint density at radius 1 is 1.00 bits per heavy atom. The maximum Gasteiger partial charge on any atom is 2.00 e. The second-order valence-electron chi connectivity index (χ2n) is 3.81. The zero-order valence-corrected chi connectivity index (χ0v) is 11.0. The van der Waals surface area contributed by atoms with Crippen LogP contribution in [0.3, 0.4) is 0 Å². The Labute approximate surface area is 109 Å². The third-order valence-corrected chi connectivity index (χ3v) is 2.13. The second-order valence-corrected chi connectivity index (χ2v) is 3.81. The van der Waals surface area contributed by atoms with Crippen LogP contribution in [0.25, 0.3) is 0 Å². The van der Waals surface area contributed by atoms with Crippen LogP contribution in [-0.2, 0) is 23.5 Å². The first kappa shape index (κ1) is 15.2. The Morgan fingerprint density at radius 3 is 1.94 bits per heavy atom. The number of rotatable bonds is 3. The molecule has 1 nitrogen and oxygen atoms in total. The standard InChI is InChI=1S/C9H14N.C5H5.Fe/c1-10(2)8-7-9-5-3-4-6-9;1-2-4-5-3-1;/h3-6H,7-8H2,1-2H3;1-5H;/q2*-1;+2. The summed E-state index contributed by atoms with van der Waals surface area (Å²) in [6.07, 6.45) is 1.17. The fraction of sp³-hybridized carbons (Fsp3) is 0.286. The van der Waals surface area contributed by atoms with Crippen LogP contribution in [-0.4, -0.2) is 25.5 Å². The van der Waals surface area contributed by atoms with Crippen molar-refractivity contribution in [2.45, 2.75) is 6.42 Å². The molecule has 0 bridgehead atoms. The molecule has 0 N–H and O–H groups in total. The number of hydrogen-bond donors (Lipinski definition) is 0. The summed E-state index contributed by atoms with van der Waals surface area (Å²) < 4.78 is 0. The van der Waals surface area contributed by atoms with Crippen LogP contribution in [0.5, 0.6) is 0 Å². The molecule has 0 aliphatic heterocycles. The summed E-state index contributed by atoms with van der Waals surface area (Å²) in [6.45, 7) is 1.14. The minimum absolute atomic E-state index is 0. The van der Waals surface area contributed by atoms with Crippen molar-refractivity contribution in [3.8, 4) is 0 Å². The molecule has 0 aliphatic carbocycles. The van der Waals surface area contributed by atoms with Crippen LogP contribution in [0.4, 0.5) is 0 Å². The predicted molar refractivity (Wildman–Crippen MR) is 66.3 cm³/mol. The molecule has 2 heteroatoms. The van der Waals surface area contributed by atoms with Gasteiger partial charge < -0.3 is 4.90 Å². The molecule has 0 saturated heterocycles. The molecule has 0 aromatic heterocycles. The topological polar surface area (TPSA) is 3.24 Å². The van der Waals surface area contributed by atoms with Gasteiger partial charge in [-0.2, -0.15) is 35.9 Å². The molecular weight excluding hydrogens is 238 g/mol. The van der Waals surface area contributed by atoms with Crippen LogP contribution >= 0.6 is 0 Å². The van der Waals surface area contributed by atoms with Gasteiger partial charge >= 0.3 is 17.1 Å². The summed E-state index contributed by atoms with van der Waals surface area (Å²) in [6, 6.07) is 18.5. The Balaban J connectivity index is 0.000000318. The Hall–Kier alpha value is -0.821. The first-order valence-corrected chi connectivity index (χ1v) is 5.31. The van der Waals surface area contributed by atoms with Gasteiger partial charge in [0.15, 0.2) is 0 Å². The van der Waals surface area contributed by atoms with Crippen LogP contribution in [0.2, 0.25) is 0 Å². The van der Waals surface area contributed by atoms with Gasteiger partial charge in [0.05, 0.1) is 0 Å². The summed E-state index contributed by atoms with van der Waals surface area (Å²) in [5.74, 6) is 0. The van der Waals surface area contributed by atoms with Crippen molar-refractivity contribution in [1.82, 2.24) is 4.90 Å². The summed E-state index contributed by atoms with van der Waals surface area (Å²) >= 11 is 0. The van der Waals surface area contributed by atoms with Gasteiger partial charge in [0.1, 0.15) is 0 Å². The SMILES string of the molecule is CN(C)CC[c-]1cccc1.[Fe+2].c1cc[cH-]c1. The molecule has 16 heavy (non-hydrogen) atoms. The normalized spacial score (nSPS) is 9.19. The zero-order chi connectivity index (χ0) is 10.9. The number of likely N-dealkylation sites (N-methyl/N-ethyl adjacent to an activating group) is 1. The molecule has 0 heterocycles. The van der Waals surface area contributed by atoms with Crippen molar-refractivity contribution in [2.75, 3.05) is 20.6 Å². The van der Waals surface area contributed by atoms with Crippen molar-refractivity contribution < 1.29 is 17.1 Å². The first-order chi connectivity index (χ1) is 7.29. The third-order valence-electron chi connectivity index (χ3n) is 2.13. The van der Waals surface area contributed by atoms with E-state index in [0.29, 0.717) is 0 Å². The van der Waals surface area contributed by atoms with E-state index in [-0.39, 0.29) is 17.1 Å². The van der Waals surface area contributed by atoms with E-state index < -0.39 is 0 Å². The van der Waals surface area contributed by atoms with Gasteiger partial charge in [-0.05, 0) is 20.6 Å². The Bertz CT molecular complexity index is 291. The molecule has 0 fully saturated rings. The maximum absolute atomic E-state index is 2.20. The fourth-order valence-electron chi connectivity index (χ4n) is 1.25. The van der Waals surface area contributed by atoms with E-state index in [1.807, 2.05) is 30.3 Å². The smallest absolute Gasteiger partial charge is 0.310 e. The Kier molecular flexibility index (Phi) is 8.93. The predicted octanol–water partition coefficient (Wildman–Crippen LogP) is 2.91. The molecule has 2 aromatic rings. The Morgan fingerprint density at radius 2 is 1.56 bits per heavy atom. The van der Waals surface area contributed by atoms with Gasteiger partial charge in [0.25, 0.3) is 0 Å². The second kappa shape index (κ2) is 9.41. The molecule has 0 aliphatic rings. The maximum atomic E-state index is 2.20. The minimum Gasteiger partial charge on any atom is -0.310 e. The van der Waals surface area contributed by atoms with Crippen molar-refractivity contribution in [3.05, 3.63) is 60.2 Å². The van der Waals surface area contributed by atoms with Crippen molar-refractivity contribution in [1.29, 1.82) is 0 Å². The van der Waals surface area contributed by atoms with Crippen LogP contribution in [0.15, 0.2) is 54.6 Å². The quantitative estimate of drug-likeness (QED) is 0.603. The van der Waals surface area contributed by atoms with Crippen molar-refractivity contribution >= 4 is 0 Å². The fourth-order valence-corrected chi connectivity index (χ4v) is 1.25. The van der Waals surface area contributed by atoms with E-state index in [2.05, 4.69) is 43.3 Å². The van der Waals surface area contributed by atoms with E-state index in [0.717, 1.165) is 6.54 Å². The molecular formula is C14H19FeN. The molecule has 0 unspecified atom stereocenters. The molecule has 0 amide bonds. The van der Waals surface area contributed by atoms with Gasteiger partial charge in [0, 0.05) is 0 Å². The average Bonchev–Trinajstić information content (AvgIpc) is 2.91. The van der Waals surface area contributed by atoms with E-state index >= 15 is 0 Å². The first-order valence-electron chi connectivity index (χ1n) is 5.31. The van der Waals surface area contributed by atoms with E-state index in [4.69, 9.17) is 0 Å². The summed E-state index contributed by atoms with van der Waals surface area (Å²) in [7, 11) is 4.20. The van der Waals surface area contributed by atoms with E-state index in [9.17, 15) is 0 Å². The largest absolute Gasteiger partial charge is 2.00 e. The molecule has 0 saturated carbocycles. The molecule has 2 rings (SSSR count). The average molecular weight is 257 g/mol. The van der Waals surface area contributed by atoms with E-state index in [1.54, 1.807) is 0 Å². The van der Waals surface area contributed by atoms with Gasteiger partial charge in [-0.25, -0.2) is 24.3 Å². The number of nitrogens with zero attached hydrogens (tertiary/aromatic N) is 1. The van der Waals surface area contributed by atoms with Crippen LogP contribution in [0.1, 0.15) is 5.56 Å². The van der Waals surface area contributed by atoms with Gasteiger partial charge in [-0.1, -0.05) is 6.42 Å². The molecule has 0 radical (unpaired) electrons. The molecule has 0 atom stereocenters. The monoisotopic (exact) mass is 257 g/mol. The van der Waals surface area contributed by atoms with Gasteiger partial charge in [-0.3, -0.25) is 0 Å². The zero-order valence-electron chi connectivity index (χ0n) is 9.91. The van der Waals surface area contributed by atoms with Crippen molar-refractivity contribution in [2.24, 2.45) is 0 Å². The van der Waals surface area contributed by atoms with Gasteiger partial charge in [0.2, 0.25) is 0 Å². The third kappa shape index (κ3) is 7.47. The summed E-state index contributed by atoms with van der Waals surface area (Å²) in [4.78, 5) is 2.20. The van der Waals surface area contributed by atoms with Crippen molar-refractivity contribution in [3.63, 3.8) is 0 Å².